The van der Waals surface area contributed by atoms with Crippen LogP contribution in [0.5, 0.6) is 0 Å². The van der Waals surface area contributed by atoms with E-state index in [1.165, 1.54) is 25.7 Å². The Labute approximate surface area is 93.2 Å². The normalized spacial score (nSPS) is 34.1. The Kier molecular flexibility index (Phi) is 4.32. The predicted octanol–water partition coefficient (Wildman–Crippen LogP) is 3.42. The van der Waals surface area contributed by atoms with Gasteiger partial charge in [0.2, 0.25) is 0 Å². The van der Waals surface area contributed by atoms with Crippen molar-refractivity contribution in [3.8, 4) is 0 Å². The van der Waals surface area contributed by atoms with Gasteiger partial charge in [-0.2, -0.15) is 11.8 Å². The smallest absolute Gasteiger partial charge is 0.0206 e. The van der Waals surface area contributed by atoms with Crippen LogP contribution in [0.1, 0.15) is 53.4 Å². The van der Waals surface area contributed by atoms with E-state index >= 15 is 0 Å². The Hall–Kier alpha value is 0.310. The van der Waals surface area contributed by atoms with Crippen molar-refractivity contribution in [1.29, 1.82) is 0 Å². The van der Waals surface area contributed by atoms with Gasteiger partial charge >= 0.3 is 0 Å². The van der Waals surface area contributed by atoms with Gasteiger partial charge in [-0.3, -0.25) is 0 Å². The van der Waals surface area contributed by atoms with Gasteiger partial charge in [0, 0.05) is 16.5 Å². The van der Waals surface area contributed by atoms with E-state index in [2.05, 4.69) is 39.5 Å². The topological polar surface area (TPSA) is 26.0 Å². The summed E-state index contributed by atoms with van der Waals surface area (Å²) in [4.78, 5) is 0. The lowest BCUT2D eigenvalue weighted by atomic mass is 9.75. The summed E-state index contributed by atoms with van der Waals surface area (Å²) in [5.41, 5.74) is 6.70. The number of nitrogens with two attached hydrogens (primary N) is 1. The third kappa shape index (κ3) is 3.47. The van der Waals surface area contributed by atoms with Gasteiger partial charge in [-0.05, 0) is 31.1 Å². The molecule has 1 aliphatic rings. The third-order valence-corrected chi connectivity index (χ3v) is 5.03. The van der Waals surface area contributed by atoms with Crippen molar-refractivity contribution in [1.82, 2.24) is 0 Å². The van der Waals surface area contributed by atoms with Crippen LogP contribution in [-0.4, -0.2) is 16.5 Å². The molecule has 0 spiro atoms. The average molecular weight is 215 g/mol. The second-order valence-electron chi connectivity index (χ2n) is 5.46. The maximum absolute atomic E-state index is 6.18. The van der Waals surface area contributed by atoms with Gasteiger partial charge in [0.15, 0.2) is 0 Å². The maximum Gasteiger partial charge on any atom is 0.0206 e. The van der Waals surface area contributed by atoms with E-state index in [1.807, 2.05) is 0 Å². The zero-order valence-electron chi connectivity index (χ0n) is 10.0. The molecule has 1 rings (SSSR count). The van der Waals surface area contributed by atoms with Crippen molar-refractivity contribution in [3.63, 3.8) is 0 Å². The molecule has 14 heavy (non-hydrogen) atoms. The summed E-state index contributed by atoms with van der Waals surface area (Å²) in [6.07, 6.45) is 5.06. The summed E-state index contributed by atoms with van der Waals surface area (Å²) < 4.78 is 0. The van der Waals surface area contributed by atoms with E-state index in [-0.39, 0.29) is 0 Å². The van der Waals surface area contributed by atoms with Crippen LogP contribution in [0.4, 0.5) is 0 Å². The Bertz CT molecular complexity index is 179. The van der Waals surface area contributed by atoms with Crippen LogP contribution in [0, 0.1) is 5.41 Å². The van der Waals surface area contributed by atoms with E-state index in [0.717, 1.165) is 5.25 Å². The summed E-state index contributed by atoms with van der Waals surface area (Å²) in [5.74, 6) is 0. The molecule has 0 aromatic rings. The highest BCUT2D eigenvalue weighted by atomic mass is 32.2. The highest BCUT2D eigenvalue weighted by Crippen LogP contribution is 2.41. The van der Waals surface area contributed by atoms with E-state index in [1.54, 1.807) is 0 Å². The van der Waals surface area contributed by atoms with Crippen LogP contribution in [0.3, 0.4) is 0 Å². The molecule has 84 valence electrons. The van der Waals surface area contributed by atoms with E-state index in [0.29, 0.717) is 16.7 Å². The fourth-order valence-electron chi connectivity index (χ4n) is 2.09. The van der Waals surface area contributed by atoms with E-state index < -0.39 is 0 Å². The second kappa shape index (κ2) is 4.89. The molecule has 1 fully saturated rings. The number of thioether (sulfide) groups is 1. The first-order valence-corrected chi connectivity index (χ1v) is 6.80. The molecule has 1 aliphatic carbocycles. The first kappa shape index (κ1) is 12.4. The second-order valence-corrected chi connectivity index (χ2v) is 7.15. The molecule has 0 aromatic heterocycles. The van der Waals surface area contributed by atoms with Gasteiger partial charge in [-0.15, -0.1) is 0 Å². The quantitative estimate of drug-likeness (QED) is 0.780. The minimum absolute atomic E-state index is 0.432. The van der Waals surface area contributed by atoms with Gasteiger partial charge in [-0.25, -0.2) is 0 Å². The molecule has 0 bridgehead atoms. The number of hydrogen-bond donors (Lipinski definition) is 1. The fourth-order valence-corrected chi connectivity index (χ4v) is 3.76. The highest BCUT2D eigenvalue weighted by molar-refractivity contribution is 8.00. The molecule has 2 N–H and O–H groups in total. The predicted molar refractivity (Wildman–Crippen MR) is 66.7 cm³/mol. The van der Waals surface area contributed by atoms with Gasteiger partial charge in [0.25, 0.3) is 0 Å². The van der Waals surface area contributed by atoms with Crippen molar-refractivity contribution in [2.24, 2.45) is 11.1 Å². The molecule has 1 nitrogen and oxygen atoms in total. The zero-order valence-corrected chi connectivity index (χ0v) is 10.9. The lowest BCUT2D eigenvalue weighted by Gasteiger charge is -2.39. The zero-order chi connectivity index (χ0) is 10.8. The van der Waals surface area contributed by atoms with Crippen LogP contribution in [0.15, 0.2) is 0 Å². The molecule has 1 saturated carbocycles. The molecule has 0 heterocycles. The molecule has 3 unspecified atom stereocenters. The Morgan fingerprint density at radius 3 is 2.71 bits per heavy atom. The molecular weight excluding hydrogens is 190 g/mol. The van der Waals surface area contributed by atoms with Crippen molar-refractivity contribution in [2.75, 3.05) is 0 Å². The Morgan fingerprint density at radius 2 is 2.14 bits per heavy atom. The summed E-state index contributed by atoms with van der Waals surface area (Å²) in [6.45, 7) is 9.34. The Balaban J connectivity index is 2.48. The van der Waals surface area contributed by atoms with E-state index in [4.69, 9.17) is 5.73 Å². The molecule has 0 radical (unpaired) electrons. The summed E-state index contributed by atoms with van der Waals surface area (Å²) in [7, 11) is 0. The minimum Gasteiger partial charge on any atom is -0.327 e. The minimum atomic E-state index is 0.432. The van der Waals surface area contributed by atoms with Gasteiger partial charge in [0.05, 0.1) is 0 Å². The Morgan fingerprint density at radius 1 is 1.50 bits per heavy atom. The van der Waals surface area contributed by atoms with Crippen LogP contribution in [0.25, 0.3) is 0 Å². The first-order valence-electron chi connectivity index (χ1n) is 5.85. The molecule has 3 atom stereocenters. The molecule has 0 aromatic carbocycles. The summed E-state index contributed by atoms with van der Waals surface area (Å²) >= 11 is 2.11. The standard InChI is InChI=1S/C12H25NS/c1-5-9(2)14-11-8-12(3,4)7-6-10(11)13/h9-11H,5-8,13H2,1-4H3. The monoisotopic (exact) mass is 215 g/mol. The number of rotatable bonds is 3. The van der Waals surface area contributed by atoms with Crippen LogP contribution in [-0.2, 0) is 0 Å². The molecule has 0 saturated heterocycles. The van der Waals surface area contributed by atoms with Crippen molar-refractivity contribution in [3.05, 3.63) is 0 Å². The lowest BCUT2D eigenvalue weighted by molar-refractivity contribution is 0.232. The van der Waals surface area contributed by atoms with Gasteiger partial charge in [-0.1, -0.05) is 27.7 Å². The largest absolute Gasteiger partial charge is 0.327 e. The first-order chi connectivity index (χ1) is 6.44. The van der Waals surface area contributed by atoms with Crippen LogP contribution >= 0.6 is 11.8 Å². The van der Waals surface area contributed by atoms with Crippen molar-refractivity contribution >= 4 is 11.8 Å². The molecule has 0 aliphatic heterocycles. The lowest BCUT2D eigenvalue weighted by Crippen LogP contribution is -2.41. The van der Waals surface area contributed by atoms with Crippen LogP contribution in [0.2, 0.25) is 0 Å². The van der Waals surface area contributed by atoms with Crippen molar-refractivity contribution in [2.45, 2.75) is 69.9 Å². The highest BCUT2D eigenvalue weighted by Gasteiger charge is 2.33. The SMILES string of the molecule is CCC(C)SC1CC(C)(C)CCC1N. The third-order valence-electron chi connectivity index (χ3n) is 3.37. The average Bonchev–Trinajstić information content (AvgIpc) is 2.11. The summed E-state index contributed by atoms with van der Waals surface area (Å²) in [6, 6.07) is 0.432. The number of hydrogen-bond acceptors (Lipinski definition) is 2. The maximum atomic E-state index is 6.18. The van der Waals surface area contributed by atoms with Crippen LogP contribution < -0.4 is 5.73 Å². The molecular formula is C12H25NS. The van der Waals surface area contributed by atoms with Crippen molar-refractivity contribution < 1.29 is 0 Å². The van der Waals surface area contributed by atoms with Gasteiger partial charge in [0.1, 0.15) is 0 Å². The fraction of sp³-hybridized carbons (Fsp3) is 1.00. The summed E-state index contributed by atoms with van der Waals surface area (Å²) in [5, 5.41) is 1.45. The molecule has 0 amide bonds. The van der Waals surface area contributed by atoms with E-state index in [9.17, 15) is 0 Å². The van der Waals surface area contributed by atoms with Gasteiger partial charge < -0.3 is 5.73 Å². The molecule has 2 heteroatoms.